The van der Waals surface area contributed by atoms with Crippen LogP contribution in [0, 0.1) is 34.6 Å². The van der Waals surface area contributed by atoms with Crippen molar-refractivity contribution in [3.63, 3.8) is 0 Å². The number of rotatable bonds is 2. The molecule has 0 heterocycles. The number of halogens is 1. The summed E-state index contributed by atoms with van der Waals surface area (Å²) in [7, 11) is 1.36. The quantitative estimate of drug-likeness (QED) is 0.842. The summed E-state index contributed by atoms with van der Waals surface area (Å²) in [5.74, 6) is -0.390. The van der Waals surface area contributed by atoms with Crippen LogP contribution in [0.4, 0.5) is 0 Å². The molecule has 1 aromatic rings. The minimum atomic E-state index is -0.696. The fourth-order valence-corrected chi connectivity index (χ4v) is 2.24. The zero-order valence-corrected chi connectivity index (χ0v) is 12.7. The first-order valence-electron chi connectivity index (χ1n) is 5.73. The average Bonchev–Trinajstić information content (AvgIpc) is 2.32. The van der Waals surface area contributed by atoms with E-state index in [1.807, 2.05) is 13.8 Å². The highest BCUT2D eigenvalue weighted by atomic mass is 35.5. The van der Waals surface area contributed by atoms with Crippen molar-refractivity contribution in [1.29, 1.82) is 0 Å². The third-order valence-electron chi connectivity index (χ3n) is 3.82. The molecule has 0 saturated heterocycles. The largest absolute Gasteiger partial charge is 0.468 e. The van der Waals surface area contributed by atoms with Gasteiger partial charge in [0.25, 0.3) is 0 Å². The fraction of sp³-hybridized carbons (Fsp3) is 0.500. The van der Waals surface area contributed by atoms with Gasteiger partial charge in [0.2, 0.25) is 0 Å². The van der Waals surface area contributed by atoms with Gasteiger partial charge in [0.1, 0.15) is 6.04 Å². The van der Waals surface area contributed by atoms with Crippen LogP contribution in [0.3, 0.4) is 0 Å². The lowest BCUT2D eigenvalue weighted by atomic mass is 9.86. The van der Waals surface area contributed by atoms with E-state index in [-0.39, 0.29) is 18.4 Å². The number of hydrogen-bond acceptors (Lipinski definition) is 3. The number of nitrogens with two attached hydrogens (primary N) is 1. The topological polar surface area (TPSA) is 52.3 Å². The molecule has 1 rings (SSSR count). The molecule has 18 heavy (non-hydrogen) atoms. The van der Waals surface area contributed by atoms with Gasteiger partial charge in [-0.05, 0) is 68.0 Å². The predicted molar refractivity (Wildman–Crippen MR) is 76.3 cm³/mol. The van der Waals surface area contributed by atoms with E-state index in [1.165, 1.54) is 23.8 Å². The Morgan fingerprint density at radius 3 is 1.61 bits per heavy atom. The normalized spacial score (nSPS) is 11.7. The molecule has 2 N–H and O–H groups in total. The predicted octanol–water partition coefficient (Wildman–Crippen LogP) is 2.82. The Morgan fingerprint density at radius 1 is 0.944 bits per heavy atom. The minimum absolute atomic E-state index is 0. The van der Waals surface area contributed by atoms with Gasteiger partial charge in [-0.1, -0.05) is 0 Å². The van der Waals surface area contributed by atoms with E-state index in [2.05, 4.69) is 20.8 Å². The Hall–Kier alpha value is -1.06. The van der Waals surface area contributed by atoms with Crippen molar-refractivity contribution in [2.75, 3.05) is 7.11 Å². The van der Waals surface area contributed by atoms with Gasteiger partial charge in [0.05, 0.1) is 7.11 Å². The molecular weight excluding hydrogens is 250 g/mol. The van der Waals surface area contributed by atoms with Gasteiger partial charge in [-0.2, -0.15) is 0 Å². The molecule has 0 fully saturated rings. The van der Waals surface area contributed by atoms with E-state index in [9.17, 15) is 4.79 Å². The van der Waals surface area contributed by atoms with E-state index < -0.39 is 6.04 Å². The highest BCUT2D eigenvalue weighted by Crippen LogP contribution is 2.29. The molecule has 0 aromatic heterocycles. The molecule has 0 aliphatic heterocycles. The van der Waals surface area contributed by atoms with E-state index in [0.717, 1.165) is 16.7 Å². The third kappa shape index (κ3) is 2.68. The summed E-state index contributed by atoms with van der Waals surface area (Å²) in [5, 5.41) is 0. The Labute approximate surface area is 115 Å². The summed E-state index contributed by atoms with van der Waals surface area (Å²) in [6.07, 6.45) is 0. The van der Waals surface area contributed by atoms with Crippen molar-refractivity contribution in [3.05, 3.63) is 33.4 Å². The molecule has 1 atom stereocenters. The van der Waals surface area contributed by atoms with E-state index in [0.29, 0.717) is 0 Å². The van der Waals surface area contributed by atoms with Crippen LogP contribution in [0.2, 0.25) is 0 Å². The molecule has 0 aliphatic rings. The maximum Gasteiger partial charge on any atom is 0.327 e. The summed E-state index contributed by atoms with van der Waals surface area (Å²) in [6, 6.07) is -0.696. The van der Waals surface area contributed by atoms with Crippen LogP contribution < -0.4 is 5.73 Å². The number of carbonyl (C=O) groups excluding carboxylic acids is 1. The molecule has 3 nitrogen and oxygen atoms in total. The Kier molecular flexibility index (Phi) is 5.84. The second-order valence-corrected chi connectivity index (χ2v) is 4.54. The first-order chi connectivity index (χ1) is 7.82. The summed E-state index contributed by atoms with van der Waals surface area (Å²) in [5.41, 5.74) is 12.7. The van der Waals surface area contributed by atoms with Gasteiger partial charge in [-0.15, -0.1) is 12.4 Å². The molecule has 102 valence electrons. The first kappa shape index (κ1) is 16.9. The molecule has 0 spiro atoms. The molecule has 0 amide bonds. The monoisotopic (exact) mass is 271 g/mol. The molecule has 4 heteroatoms. The van der Waals surface area contributed by atoms with E-state index >= 15 is 0 Å². The number of benzene rings is 1. The third-order valence-corrected chi connectivity index (χ3v) is 3.82. The molecule has 1 aromatic carbocycles. The second kappa shape index (κ2) is 6.21. The van der Waals surface area contributed by atoms with Gasteiger partial charge in [-0.3, -0.25) is 4.79 Å². The zero-order chi connectivity index (χ0) is 13.3. The standard InChI is InChI=1S/C14H21NO2.ClH/c1-7-8(2)10(4)12(11(5)9(7)3)13(15)14(16)17-6;/h13H,15H2,1-6H3;1H/t13-;/m0./s1. The maximum absolute atomic E-state index is 11.6. The van der Waals surface area contributed by atoms with Crippen molar-refractivity contribution >= 4 is 18.4 Å². The number of hydrogen-bond donors (Lipinski definition) is 1. The molecule has 0 radical (unpaired) electrons. The smallest absolute Gasteiger partial charge is 0.327 e. The number of carbonyl (C=O) groups is 1. The van der Waals surface area contributed by atoms with Gasteiger partial charge in [-0.25, -0.2) is 0 Å². The van der Waals surface area contributed by atoms with Crippen molar-refractivity contribution in [2.24, 2.45) is 5.73 Å². The molecule has 0 saturated carbocycles. The van der Waals surface area contributed by atoms with Crippen LogP contribution in [0.25, 0.3) is 0 Å². The van der Waals surface area contributed by atoms with Crippen LogP contribution in [0.5, 0.6) is 0 Å². The average molecular weight is 272 g/mol. The minimum Gasteiger partial charge on any atom is -0.468 e. The van der Waals surface area contributed by atoms with Crippen molar-refractivity contribution < 1.29 is 9.53 Å². The van der Waals surface area contributed by atoms with Crippen LogP contribution in [0.15, 0.2) is 0 Å². The van der Waals surface area contributed by atoms with E-state index in [1.54, 1.807) is 0 Å². The number of ether oxygens (including phenoxy) is 1. The fourth-order valence-electron chi connectivity index (χ4n) is 2.24. The molecule has 0 bridgehead atoms. The highest BCUT2D eigenvalue weighted by Gasteiger charge is 2.23. The van der Waals surface area contributed by atoms with Gasteiger partial charge in [0, 0.05) is 0 Å². The Morgan fingerprint density at radius 2 is 1.28 bits per heavy atom. The number of esters is 1. The zero-order valence-electron chi connectivity index (χ0n) is 11.9. The SMILES string of the molecule is COC(=O)[C@@H](N)c1c(C)c(C)c(C)c(C)c1C.Cl. The second-order valence-electron chi connectivity index (χ2n) is 4.54. The summed E-state index contributed by atoms with van der Waals surface area (Å²) >= 11 is 0. The first-order valence-corrected chi connectivity index (χ1v) is 5.73. The summed E-state index contributed by atoms with van der Waals surface area (Å²) in [4.78, 5) is 11.6. The van der Waals surface area contributed by atoms with Crippen LogP contribution in [0.1, 0.15) is 39.4 Å². The lowest BCUT2D eigenvalue weighted by Gasteiger charge is -2.21. The van der Waals surface area contributed by atoms with Crippen molar-refractivity contribution in [1.82, 2.24) is 0 Å². The highest BCUT2D eigenvalue weighted by molar-refractivity contribution is 5.85. The van der Waals surface area contributed by atoms with Gasteiger partial charge >= 0.3 is 5.97 Å². The molecular formula is C14H22ClNO2. The maximum atomic E-state index is 11.6. The molecule has 0 unspecified atom stereocenters. The van der Waals surface area contributed by atoms with Crippen LogP contribution in [-0.2, 0) is 9.53 Å². The van der Waals surface area contributed by atoms with Gasteiger partial charge in [0.15, 0.2) is 0 Å². The summed E-state index contributed by atoms with van der Waals surface area (Å²) < 4.78 is 4.72. The lowest BCUT2D eigenvalue weighted by Crippen LogP contribution is -2.25. The number of methoxy groups -OCH3 is 1. The summed E-state index contributed by atoms with van der Waals surface area (Å²) in [6.45, 7) is 10.2. The van der Waals surface area contributed by atoms with Crippen molar-refractivity contribution in [2.45, 2.75) is 40.7 Å². The van der Waals surface area contributed by atoms with Gasteiger partial charge < -0.3 is 10.5 Å². The lowest BCUT2D eigenvalue weighted by molar-refractivity contribution is -0.142. The van der Waals surface area contributed by atoms with Crippen molar-refractivity contribution in [3.8, 4) is 0 Å². The Bertz CT molecular complexity index is 440. The van der Waals surface area contributed by atoms with Crippen LogP contribution >= 0.6 is 12.4 Å². The Balaban J connectivity index is 0.00000289. The molecule has 0 aliphatic carbocycles. The van der Waals surface area contributed by atoms with Crippen LogP contribution in [-0.4, -0.2) is 13.1 Å². The van der Waals surface area contributed by atoms with E-state index in [4.69, 9.17) is 10.5 Å².